The number of rotatable bonds is 12. The van der Waals surface area contributed by atoms with E-state index in [0.29, 0.717) is 35.6 Å². The third kappa shape index (κ3) is 12.3. The van der Waals surface area contributed by atoms with E-state index in [-0.39, 0.29) is 12.1 Å². The number of aromatic nitrogens is 2. The maximum Gasteiger partial charge on any atom is 0.408 e. The summed E-state index contributed by atoms with van der Waals surface area (Å²) in [6.07, 6.45) is 8.27. The highest BCUT2D eigenvalue weighted by Crippen LogP contribution is 2.22. The average Bonchev–Trinajstić information content (AvgIpc) is 3.74. The van der Waals surface area contributed by atoms with Gasteiger partial charge < -0.3 is 30.4 Å². The molecule has 3 unspecified atom stereocenters. The fourth-order valence-corrected chi connectivity index (χ4v) is 6.02. The van der Waals surface area contributed by atoms with Crippen LogP contribution in [0.3, 0.4) is 0 Å². The van der Waals surface area contributed by atoms with Crippen molar-refractivity contribution in [2.45, 2.75) is 90.8 Å². The van der Waals surface area contributed by atoms with Crippen molar-refractivity contribution in [3.8, 4) is 10.6 Å². The van der Waals surface area contributed by atoms with Crippen LogP contribution in [0, 0.1) is 5.92 Å². The van der Waals surface area contributed by atoms with E-state index >= 15 is 0 Å². The Bertz CT molecular complexity index is 1670. The van der Waals surface area contributed by atoms with Crippen molar-refractivity contribution in [2.75, 3.05) is 13.1 Å². The van der Waals surface area contributed by atoms with Crippen LogP contribution in [0.5, 0.6) is 0 Å². The van der Waals surface area contributed by atoms with Crippen molar-refractivity contribution in [2.24, 2.45) is 5.92 Å². The molecule has 3 heterocycles. The number of thiophene rings is 1. The molecule has 0 bridgehead atoms. The third-order valence-electron chi connectivity index (χ3n) is 7.57. The number of nitrogens with one attached hydrogen (secondary N) is 3. The van der Waals surface area contributed by atoms with E-state index in [2.05, 4.69) is 27.5 Å². The zero-order valence-corrected chi connectivity index (χ0v) is 30.2. The molecule has 1 aromatic carbocycles. The van der Waals surface area contributed by atoms with Gasteiger partial charge in [0, 0.05) is 17.5 Å². The zero-order valence-electron chi connectivity index (χ0n) is 28.6. The minimum atomic E-state index is -1.12. The number of ether oxygens (including phenoxy) is 1. The summed E-state index contributed by atoms with van der Waals surface area (Å²) in [6, 6.07) is 7.19. The van der Waals surface area contributed by atoms with Gasteiger partial charge in [-0.25, -0.2) is 14.6 Å². The topological polar surface area (TPSA) is 171 Å². The Balaban J connectivity index is 0.000000316. The molecule has 2 aromatic heterocycles. The molecule has 0 spiro atoms. The second-order valence-corrected chi connectivity index (χ2v) is 14.1. The number of hydrogen-bond acceptors (Lipinski definition) is 8. The summed E-state index contributed by atoms with van der Waals surface area (Å²) in [6.45, 7) is 9.10. The largest absolute Gasteiger partial charge is 0.480 e. The number of H-pyrrole nitrogens is 1. The van der Waals surface area contributed by atoms with Crippen LogP contribution in [0.2, 0.25) is 5.02 Å². The monoisotopic (exact) mass is 715 g/mol. The van der Waals surface area contributed by atoms with E-state index in [1.165, 1.54) is 16.2 Å². The van der Waals surface area contributed by atoms with Crippen molar-refractivity contribution >= 4 is 57.8 Å². The lowest BCUT2D eigenvalue weighted by atomic mass is 10.00. The molecule has 49 heavy (non-hydrogen) atoms. The predicted molar refractivity (Wildman–Crippen MR) is 192 cm³/mol. The van der Waals surface area contributed by atoms with Crippen LogP contribution in [-0.2, 0) is 19.1 Å². The molecule has 1 fully saturated rings. The number of benzene rings is 1. The Kier molecular flexibility index (Phi) is 14.8. The van der Waals surface area contributed by atoms with Crippen molar-refractivity contribution in [3.05, 3.63) is 63.2 Å². The van der Waals surface area contributed by atoms with Gasteiger partial charge in [-0.3, -0.25) is 14.4 Å². The molecule has 14 heteroatoms. The predicted octanol–water partition coefficient (Wildman–Crippen LogP) is 6.15. The number of carbonyl (C=O) groups excluding carboxylic acids is 3. The number of hydrogen-bond donors (Lipinski definition) is 4. The first-order valence-corrected chi connectivity index (χ1v) is 17.7. The lowest BCUT2D eigenvalue weighted by molar-refractivity contribution is -0.144. The average molecular weight is 716 g/mol. The Morgan fingerprint density at radius 2 is 1.98 bits per heavy atom. The van der Waals surface area contributed by atoms with Crippen molar-refractivity contribution in [1.29, 1.82) is 0 Å². The quantitative estimate of drug-likeness (QED) is 0.128. The highest BCUT2D eigenvalue weighted by molar-refractivity contribution is 7.13. The molecular formula is C35H46ClN5O7S. The number of aromatic amines is 1. The Hall–Kier alpha value is -4.23. The number of likely N-dealkylation sites (tertiary alicyclic amines) is 1. The highest BCUT2D eigenvalue weighted by Gasteiger charge is 2.36. The zero-order chi connectivity index (χ0) is 36.1. The molecule has 4 N–H and O–H groups in total. The Morgan fingerprint density at radius 1 is 1.22 bits per heavy atom. The van der Waals surface area contributed by atoms with Gasteiger partial charge >= 0.3 is 12.1 Å². The maximum absolute atomic E-state index is 12.8. The minimum Gasteiger partial charge on any atom is -0.480 e. The number of halogens is 1. The van der Waals surface area contributed by atoms with Crippen LogP contribution in [0.1, 0.15) is 73.1 Å². The SMILES string of the molecule is CCCCC/C=C\C(C)C(NC(=O)C1CCCN1C(=O)CNC(=O)OC(C)(C)C)C(=O)O.O=c1[nH]c2cc(Cl)ccc2nc1-c1cccs1. The standard InChI is InChI=1S/C23H39N3O6.C12H7ClN2OS/c1-6-7-8-9-10-12-16(2)19(21(29)30)25-20(28)17-13-11-14-26(17)18(27)15-24-22(31)32-23(3,4)5;13-7-3-4-8-9(6-7)15-12(16)11(14-8)10-2-1-5-17-10/h10,12,16-17,19H,6-9,11,13-15H2,1-5H3,(H,24,31)(H,25,28)(H,29,30);1-6H,(H,15,16)/b12-10-;. The Morgan fingerprint density at radius 3 is 2.63 bits per heavy atom. The number of unbranched alkanes of at least 4 members (excludes halogenated alkanes) is 3. The van der Waals surface area contributed by atoms with E-state index in [0.717, 1.165) is 36.1 Å². The summed E-state index contributed by atoms with van der Waals surface area (Å²) in [5, 5.41) is 17.1. The number of aliphatic carboxylic acids is 1. The van der Waals surface area contributed by atoms with Gasteiger partial charge in [0.15, 0.2) is 0 Å². The van der Waals surface area contributed by atoms with E-state index in [4.69, 9.17) is 16.3 Å². The molecule has 12 nitrogen and oxygen atoms in total. The summed E-state index contributed by atoms with van der Waals surface area (Å²) in [5.41, 5.74) is 0.966. The van der Waals surface area contributed by atoms with Gasteiger partial charge in [0.2, 0.25) is 11.8 Å². The summed E-state index contributed by atoms with van der Waals surface area (Å²) in [7, 11) is 0. The second-order valence-electron chi connectivity index (χ2n) is 12.8. The van der Waals surface area contributed by atoms with Crippen molar-refractivity contribution < 1.29 is 29.0 Å². The maximum atomic E-state index is 12.8. The van der Waals surface area contributed by atoms with Crippen molar-refractivity contribution in [3.63, 3.8) is 0 Å². The molecule has 266 valence electrons. The molecule has 3 atom stereocenters. The lowest BCUT2D eigenvalue weighted by Gasteiger charge is -2.27. The van der Waals surface area contributed by atoms with E-state index < -0.39 is 47.5 Å². The van der Waals surface area contributed by atoms with Gasteiger partial charge in [0.05, 0.1) is 15.9 Å². The van der Waals surface area contributed by atoms with Gasteiger partial charge in [-0.15, -0.1) is 11.3 Å². The molecule has 4 rings (SSSR count). The first-order chi connectivity index (χ1) is 23.2. The van der Waals surface area contributed by atoms with Crippen LogP contribution in [0.4, 0.5) is 4.79 Å². The summed E-state index contributed by atoms with van der Waals surface area (Å²) >= 11 is 7.36. The van der Waals surface area contributed by atoms with Crippen LogP contribution in [-0.4, -0.2) is 74.6 Å². The van der Waals surface area contributed by atoms with E-state index in [1.807, 2.05) is 29.7 Å². The molecular weight excluding hydrogens is 670 g/mol. The number of carboxylic acid groups (broad SMARTS) is 1. The summed E-state index contributed by atoms with van der Waals surface area (Å²) < 4.78 is 5.11. The van der Waals surface area contributed by atoms with Gasteiger partial charge in [-0.1, -0.05) is 56.5 Å². The number of fused-ring (bicyclic) bond motifs is 1. The van der Waals surface area contributed by atoms with Gasteiger partial charge in [-0.05, 0) is 76.1 Å². The summed E-state index contributed by atoms with van der Waals surface area (Å²) in [5.74, 6) is -2.42. The van der Waals surface area contributed by atoms with E-state index in [1.54, 1.807) is 45.9 Å². The first-order valence-electron chi connectivity index (χ1n) is 16.4. The number of carboxylic acids is 1. The molecule has 1 aliphatic rings. The Labute approximate surface area is 295 Å². The summed E-state index contributed by atoms with van der Waals surface area (Å²) in [4.78, 5) is 70.2. The van der Waals surface area contributed by atoms with Gasteiger partial charge in [-0.2, -0.15) is 0 Å². The number of alkyl carbamates (subject to hydrolysis) is 1. The third-order valence-corrected chi connectivity index (χ3v) is 8.68. The molecule has 0 saturated carbocycles. The normalized spacial score (nSPS) is 15.7. The smallest absolute Gasteiger partial charge is 0.408 e. The van der Waals surface area contributed by atoms with Crippen LogP contribution in [0.15, 0.2) is 52.7 Å². The second kappa shape index (κ2) is 18.5. The molecule has 3 amide bonds. The number of allylic oxidation sites excluding steroid dienone is 1. The number of carbonyl (C=O) groups is 4. The molecule has 0 radical (unpaired) electrons. The molecule has 1 saturated heterocycles. The van der Waals surface area contributed by atoms with Crippen LogP contribution in [0.25, 0.3) is 21.6 Å². The van der Waals surface area contributed by atoms with Gasteiger partial charge in [0.1, 0.15) is 29.9 Å². The minimum absolute atomic E-state index is 0.192. The molecule has 1 aliphatic heterocycles. The fraction of sp³-hybridized carbons (Fsp3) is 0.486. The molecule has 3 aromatic rings. The van der Waals surface area contributed by atoms with E-state index in [9.17, 15) is 29.1 Å². The fourth-order valence-electron chi connectivity index (χ4n) is 5.14. The first kappa shape index (κ1) is 39.2. The number of amides is 3. The van der Waals surface area contributed by atoms with Gasteiger partial charge in [0.25, 0.3) is 5.56 Å². The van der Waals surface area contributed by atoms with Crippen LogP contribution < -0.4 is 16.2 Å². The molecule has 0 aliphatic carbocycles. The van der Waals surface area contributed by atoms with Crippen molar-refractivity contribution in [1.82, 2.24) is 25.5 Å². The lowest BCUT2D eigenvalue weighted by Crippen LogP contribution is -2.53. The highest BCUT2D eigenvalue weighted by atomic mass is 35.5. The van der Waals surface area contributed by atoms with Crippen LogP contribution >= 0.6 is 22.9 Å². The number of nitrogens with zero attached hydrogens (tertiary/aromatic N) is 2.